The summed E-state index contributed by atoms with van der Waals surface area (Å²) in [6, 6.07) is 0. The van der Waals surface area contributed by atoms with E-state index in [0.717, 1.165) is 0 Å². The number of hydrogen-bond donors (Lipinski definition) is 2. The van der Waals surface area contributed by atoms with E-state index in [9.17, 15) is 9.59 Å². The smallest absolute Gasteiger partial charge is 0.303 e. The SMILES string of the molecule is CC(=O)NCCC(C)CC(=O)O. The lowest BCUT2D eigenvalue weighted by molar-refractivity contribution is -0.138. The predicted molar refractivity (Wildman–Crippen MR) is 44.7 cm³/mol. The second-order valence-electron chi connectivity index (χ2n) is 2.97. The molecule has 0 aromatic heterocycles. The molecular weight excluding hydrogens is 158 g/mol. The van der Waals surface area contributed by atoms with Gasteiger partial charge in [-0.25, -0.2) is 0 Å². The van der Waals surface area contributed by atoms with Gasteiger partial charge in [-0.2, -0.15) is 0 Å². The van der Waals surface area contributed by atoms with Crippen LogP contribution in [0, 0.1) is 5.92 Å². The van der Waals surface area contributed by atoms with Gasteiger partial charge in [0.05, 0.1) is 0 Å². The first kappa shape index (κ1) is 10.9. The minimum Gasteiger partial charge on any atom is -0.481 e. The molecule has 0 aromatic carbocycles. The molecule has 0 bridgehead atoms. The summed E-state index contributed by atoms with van der Waals surface area (Å²) in [5.74, 6) is -0.739. The van der Waals surface area contributed by atoms with Crippen LogP contribution in [0.4, 0.5) is 0 Å². The molecule has 2 N–H and O–H groups in total. The first-order valence-electron chi connectivity index (χ1n) is 3.98. The largest absolute Gasteiger partial charge is 0.481 e. The molecule has 12 heavy (non-hydrogen) atoms. The Hall–Kier alpha value is -1.06. The molecule has 0 fully saturated rings. The lowest BCUT2D eigenvalue weighted by atomic mass is 10.0. The molecule has 0 saturated heterocycles. The van der Waals surface area contributed by atoms with Gasteiger partial charge >= 0.3 is 5.97 Å². The summed E-state index contributed by atoms with van der Waals surface area (Å²) in [5.41, 5.74) is 0. The Labute approximate surface area is 72.0 Å². The molecule has 0 aliphatic rings. The molecule has 0 rings (SSSR count). The molecule has 1 unspecified atom stereocenters. The van der Waals surface area contributed by atoms with Crippen LogP contribution in [0.15, 0.2) is 0 Å². The van der Waals surface area contributed by atoms with Crippen LogP contribution in [0.3, 0.4) is 0 Å². The van der Waals surface area contributed by atoms with Crippen LogP contribution in [-0.2, 0) is 9.59 Å². The highest BCUT2D eigenvalue weighted by atomic mass is 16.4. The van der Waals surface area contributed by atoms with Gasteiger partial charge in [-0.05, 0) is 12.3 Å². The van der Waals surface area contributed by atoms with Crippen molar-refractivity contribution in [3.63, 3.8) is 0 Å². The van der Waals surface area contributed by atoms with E-state index in [1.165, 1.54) is 6.92 Å². The number of nitrogens with one attached hydrogen (secondary N) is 1. The van der Waals surface area contributed by atoms with Crippen LogP contribution < -0.4 is 5.32 Å². The third kappa shape index (κ3) is 7.05. The van der Waals surface area contributed by atoms with E-state index in [0.29, 0.717) is 13.0 Å². The summed E-state index contributed by atoms with van der Waals surface area (Å²) in [4.78, 5) is 20.6. The number of carbonyl (C=O) groups excluding carboxylic acids is 1. The maximum Gasteiger partial charge on any atom is 0.303 e. The van der Waals surface area contributed by atoms with Crippen molar-refractivity contribution in [1.29, 1.82) is 0 Å². The number of rotatable bonds is 5. The molecule has 70 valence electrons. The van der Waals surface area contributed by atoms with Gasteiger partial charge in [0.25, 0.3) is 0 Å². The second kappa shape index (κ2) is 5.57. The molecule has 0 aromatic rings. The van der Waals surface area contributed by atoms with E-state index < -0.39 is 5.97 Å². The average molecular weight is 173 g/mol. The van der Waals surface area contributed by atoms with Gasteiger partial charge in [0.1, 0.15) is 0 Å². The molecule has 0 aliphatic heterocycles. The Kier molecular flexibility index (Phi) is 5.08. The van der Waals surface area contributed by atoms with Crippen LogP contribution in [0.2, 0.25) is 0 Å². The predicted octanol–water partition coefficient (Wildman–Crippen LogP) is 0.623. The molecule has 0 aliphatic carbocycles. The molecular formula is C8H15NO3. The first-order chi connectivity index (χ1) is 5.52. The second-order valence-corrected chi connectivity index (χ2v) is 2.97. The number of carboxylic acid groups (broad SMARTS) is 1. The quantitative estimate of drug-likeness (QED) is 0.640. The number of hydrogen-bond acceptors (Lipinski definition) is 2. The number of amides is 1. The van der Waals surface area contributed by atoms with Crippen LogP contribution in [0.1, 0.15) is 26.7 Å². The van der Waals surface area contributed by atoms with E-state index in [2.05, 4.69) is 5.32 Å². The van der Waals surface area contributed by atoms with E-state index in [4.69, 9.17) is 5.11 Å². The van der Waals surface area contributed by atoms with Crippen LogP contribution in [0.5, 0.6) is 0 Å². The minimum absolute atomic E-state index is 0.0717. The van der Waals surface area contributed by atoms with Gasteiger partial charge in [0, 0.05) is 19.9 Å². The van der Waals surface area contributed by atoms with Crippen molar-refractivity contribution in [1.82, 2.24) is 5.32 Å². The summed E-state index contributed by atoms with van der Waals surface area (Å²) in [7, 11) is 0. The fourth-order valence-electron chi connectivity index (χ4n) is 0.895. The van der Waals surface area contributed by atoms with Gasteiger partial charge in [-0.1, -0.05) is 6.92 Å². The highest BCUT2D eigenvalue weighted by Gasteiger charge is 2.06. The Bertz CT molecular complexity index is 168. The summed E-state index contributed by atoms with van der Waals surface area (Å²) in [6.45, 7) is 3.86. The standard InChI is InChI=1S/C8H15NO3/c1-6(5-8(11)12)3-4-9-7(2)10/h6H,3-5H2,1-2H3,(H,9,10)(H,11,12). The van der Waals surface area contributed by atoms with Crippen molar-refractivity contribution in [3.05, 3.63) is 0 Å². The molecule has 4 nitrogen and oxygen atoms in total. The summed E-state index contributed by atoms with van der Waals surface area (Å²) in [5, 5.41) is 11.0. The van der Waals surface area contributed by atoms with Crippen molar-refractivity contribution < 1.29 is 14.7 Å². The molecule has 0 radical (unpaired) electrons. The topological polar surface area (TPSA) is 66.4 Å². The Balaban J connectivity index is 3.37. The average Bonchev–Trinajstić information content (AvgIpc) is 1.84. The Morgan fingerprint density at radius 3 is 2.50 bits per heavy atom. The van der Waals surface area contributed by atoms with Crippen LogP contribution in [0.25, 0.3) is 0 Å². The third-order valence-corrected chi connectivity index (χ3v) is 1.53. The number of carbonyl (C=O) groups is 2. The van der Waals surface area contributed by atoms with Gasteiger partial charge in [-0.15, -0.1) is 0 Å². The number of aliphatic carboxylic acids is 1. The van der Waals surface area contributed by atoms with Crippen molar-refractivity contribution >= 4 is 11.9 Å². The zero-order chi connectivity index (χ0) is 9.56. The van der Waals surface area contributed by atoms with E-state index in [-0.39, 0.29) is 18.2 Å². The fraction of sp³-hybridized carbons (Fsp3) is 0.750. The highest BCUT2D eigenvalue weighted by molar-refractivity contribution is 5.72. The highest BCUT2D eigenvalue weighted by Crippen LogP contribution is 2.05. The van der Waals surface area contributed by atoms with Crippen LogP contribution in [-0.4, -0.2) is 23.5 Å². The zero-order valence-electron chi connectivity index (χ0n) is 7.46. The Morgan fingerprint density at radius 1 is 1.50 bits per heavy atom. The van der Waals surface area contributed by atoms with Gasteiger partial charge in [0.2, 0.25) is 5.91 Å². The van der Waals surface area contributed by atoms with Crippen molar-refractivity contribution in [2.45, 2.75) is 26.7 Å². The molecule has 0 spiro atoms. The maximum atomic E-state index is 10.4. The number of carboxylic acids is 1. The fourth-order valence-corrected chi connectivity index (χ4v) is 0.895. The van der Waals surface area contributed by atoms with Gasteiger partial charge < -0.3 is 10.4 Å². The van der Waals surface area contributed by atoms with Crippen molar-refractivity contribution in [3.8, 4) is 0 Å². The molecule has 1 amide bonds. The molecule has 0 heterocycles. The van der Waals surface area contributed by atoms with Gasteiger partial charge in [0.15, 0.2) is 0 Å². The lowest BCUT2D eigenvalue weighted by Gasteiger charge is -2.07. The van der Waals surface area contributed by atoms with Crippen molar-refractivity contribution in [2.24, 2.45) is 5.92 Å². The molecule has 1 atom stereocenters. The van der Waals surface area contributed by atoms with E-state index in [1.54, 1.807) is 0 Å². The summed E-state index contributed by atoms with van der Waals surface area (Å²) in [6.07, 6.45) is 0.880. The van der Waals surface area contributed by atoms with E-state index in [1.807, 2.05) is 6.92 Å². The van der Waals surface area contributed by atoms with Crippen molar-refractivity contribution in [2.75, 3.05) is 6.54 Å². The molecule has 0 saturated carbocycles. The van der Waals surface area contributed by atoms with Gasteiger partial charge in [-0.3, -0.25) is 9.59 Å². The maximum absolute atomic E-state index is 10.4. The first-order valence-corrected chi connectivity index (χ1v) is 3.98. The van der Waals surface area contributed by atoms with E-state index >= 15 is 0 Å². The molecule has 4 heteroatoms. The Morgan fingerprint density at radius 2 is 2.08 bits per heavy atom. The lowest BCUT2D eigenvalue weighted by Crippen LogP contribution is -2.22. The summed E-state index contributed by atoms with van der Waals surface area (Å²) < 4.78 is 0. The summed E-state index contributed by atoms with van der Waals surface area (Å²) >= 11 is 0. The van der Waals surface area contributed by atoms with Crippen LogP contribution >= 0.6 is 0 Å². The third-order valence-electron chi connectivity index (χ3n) is 1.53. The monoisotopic (exact) mass is 173 g/mol. The normalized spacial score (nSPS) is 12.2. The zero-order valence-corrected chi connectivity index (χ0v) is 7.46. The minimum atomic E-state index is -0.787.